The molecule has 0 bridgehead atoms. The summed E-state index contributed by atoms with van der Waals surface area (Å²) in [4.78, 5) is 10.2. The van der Waals surface area contributed by atoms with Crippen molar-refractivity contribution < 1.29 is 9.55 Å². The number of nitrogens with zero attached hydrogens (tertiary/aromatic N) is 8. The molecule has 0 radical (unpaired) electrons. The van der Waals surface area contributed by atoms with Crippen LogP contribution in [0.2, 0.25) is 0 Å². The van der Waals surface area contributed by atoms with Crippen molar-refractivity contribution in [3.05, 3.63) is 51.3 Å². The van der Waals surface area contributed by atoms with Crippen molar-refractivity contribution in [2.45, 2.75) is 13.8 Å². The van der Waals surface area contributed by atoms with Crippen molar-refractivity contribution in [1.29, 1.82) is 0 Å². The van der Waals surface area contributed by atoms with Crippen LogP contribution in [0.25, 0.3) is 5.82 Å². The number of nitro benzene ring substituents is 1. The molecule has 0 fully saturated rings. The third kappa shape index (κ3) is 3.28. The van der Waals surface area contributed by atoms with E-state index in [-0.39, 0.29) is 17.3 Å². The second-order valence-electron chi connectivity index (χ2n) is 5.19. The summed E-state index contributed by atoms with van der Waals surface area (Å²) in [6.07, 6.45) is 1.48. The van der Waals surface area contributed by atoms with Gasteiger partial charge in [0.05, 0.1) is 22.5 Å². The average Bonchev–Trinajstić information content (AvgIpc) is 3.20. The maximum Gasteiger partial charge on any atom is 0.269 e. The Kier molecular flexibility index (Phi) is 4.47. The molecule has 0 aliphatic carbocycles. The van der Waals surface area contributed by atoms with Crippen molar-refractivity contribution in [2.75, 3.05) is 5.73 Å². The molecule has 0 saturated carbocycles. The smallest absolute Gasteiger partial charge is 0.269 e. The number of nitrogen functional groups attached to an aromatic ring is 1. The zero-order valence-corrected chi connectivity index (χ0v) is 13.8. The zero-order valence-electron chi connectivity index (χ0n) is 13.8. The molecule has 0 aliphatic rings. The van der Waals surface area contributed by atoms with Gasteiger partial charge in [0.25, 0.3) is 5.69 Å². The van der Waals surface area contributed by atoms with E-state index in [2.05, 4.69) is 35.5 Å². The van der Waals surface area contributed by atoms with Crippen LogP contribution in [-0.4, -0.2) is 42.2 Å². The largest absolute Gasteiger partial charge is 0.378 e. The number of anilines is 1. The van der Waals surface area contributed by atoms with E-state index in [9.17, 15) is 10.1 Å². The highest BCUT2D eigenvalue weighted by Gasteiger charge is 2.17. The molecule has 12 heteroatoms. The van der Waals surface area contributed by atoms with Gasteiger partial charge >= 0.3 is 0 Å². The molecular formula is C14H13N9O3. The lowest BCUT2D eigenvalue weighted by atomic mass is 10.2. The summed E-state index contributed by atoms with van der Waals surface area (Å²) in [5.74, 6) is 0.332. The van der Waals surface area contributed by atoms with Crippen LogP contribution in [0.3, 0.4) is 0 Å². The fourth-order valence-electron chi connectivity index (χ4n) is 2.11. The Labute approximate surface area is 146 Å². The molecule has 0 saturated heterocycles. The third-order valence-corrected chi connectivity index (χ3v) is 3.45. The first-order chi connectivity index (χ1) is 12.5. The second-order valence-corrected chi connectivity index (χ2v) is 5.19. The highest BCUT2D eigenvalue weighted by molar-refractivity contribution is 5.98. The van der Waals surface area contributed by atoms with Crippen LogP contribution in [0, 0.1) is 17.0 Å². The Balaban J connectivity index is 1.79. The molecule has 12 nitrogen and oxygen atoms in total. The molecular weight excluding hydrogens is 342 g/mol. The third-order valence-electron chi connectivity index (χ3n) is 3.45. The van der Waals surface area contributed by atoms with Gasteiger partial charge in [0.15, 0.2) is 0 Å². The van der Waals surface area contributed by atoms with Crippen LogP contribution >= 0.6 is 0 Å². The highest BCUT2D eigenvalue weighted by atomic mass is 16.6. The molecule has 0 amide bonds. The molecule has 0 aliphatic heterocycles. The Morgan fingerprint density at radius 3 is 2.69 bits per heavy atom. The van der Waals surface area contributed by atoms with Crippen LogP contribution < -0.4 is 5.73 Å². The van der Waals surface area contributed by atoms with Crippen molar-refractivity contribution in [3.63, 3.8) is 0 Å². The van der Waals surface area contributed by atoms with Crippen LogP contribution in [0.1, 0.15) is 23.9 Å². The molecule has 0 atom stereocenters. The van der Waals surface area contributed by atoms with Crippen LogP contribution in [0.15, 0.2) is 39.1 Å². The minimum atomic E-state index is -0.466. The first-order valence-corrected chi connectivity index (χ1v) is 7.30. The van der Waals surface area contributed by atoms with E-state index in [0.29, 0.717) is 22.7 Å². The topological polar surface area (TPSA) is 164 Å². The van der Waals surface area contributed by atoms with E-state index in [1.165, 1.54) is 23.0 Å². The quantitative estimate of drug-likeness (QED) is 0.406. The summed E-state index contributed by atoms with van der Waals surface area (Å²) in [5.41, 5.74) is 8.00. The van der Waals surface area contributed by atoms with Gasteiger partial charge < -0.3 is 5.73 Å². The summed E-state index contributed by atoms with van der Waals surface area (Å²) >= 11 is 0. The summed E-state index contributed by atoms with van der Waals surface area (Å²) in [5, 5.41) is 33.8. The number of hydrogen-bond acceptors (Lipinski definition) is 10. The molecule has 0 spiro atoms. The lowest BCUT2D eigenvalue weighted by Gasteiger charge is -1.98. The average molecular weight is 355 g/mol. The lowest BCUT2D eigenvalue weighted by molar-refractivity contribution is -0.384. The van der Waals surface area contributed by atoms with Crippen molar-refractivity contribution in [2.24, 2.45) is 10.2 Å². The van der Waals surface area contributed by atoms with Gasteiger partial charge in [0.1, 0.15) is 5.69 Å². The standard InChI is InChI=1S/C14H13N9O3/c1-8(17-16-7-10-3-5-11(6-4-10)23(24)25)12-9(2)22(21-18-12)14-13(15)19-26-20-14/h3-7H,1-2H3,(H2,15,19)/b16-7-,17-8+. The van der Waals surface area contributed by atoms with Gasteiger partial charge in [-0.15, -0.1) is 5.10 Å². The molecule has 132 valence electrons. The van der Waals surface area contributed by atoms with Crippen LogP contribution in [0.5, 0.6) is 0 Å². The Morgan fingerprint density at radius 1 is 1.35 bits per heavy atom. The number of benzene rings is 1. The molecule has 2 aromatic heterocycles. The number of non-ortho nitro benzene ring substituents is 1. The molecule has 3 rings (SSSR count). The molecule has 3 aromatic rings. The Morgan fingerprint density at radius 2 is 2.08 bits per heavy atom. The fourth-order valence-corrected chi connectivity index (χ4v) is 2.11. The molecule has 2 heterocycles. The van der Waals surface area contributed by atoms with Gasteiger partial charge in [-0.2, -0.15) is 14.9 Å². The predicted molar refractivity (Wildman–Crippen MR) is 91.3 cm³/mol. The van der Waals surface area contributed by atoms with E-state index in [0.717, 1.165) is 0 Å². The van der Waals surface area contributed by atoms with E-state index in [1.807, 2.05) is 0 Å². The van der Waals surface area contributed by atoms with E-state index >= 15 is 0 Å². The number of nitro groups is 1. The summed E-state index contributed by atoms with van der Waals surface area (Å²) in [7, 11) is 0. The molecule has 0 unspecified atom stereocenters. The second kappa shape index (κ2) is 6.88. The van der Waals surface area contributed by atoms with Crippen LogP contribution in [0.4, 0.5) is 11.5 Å². The van der Waals surface area contributed by atoms with Crippen molar-refractivity contribution in [3.8, 4) is 5.82 Å². The van der Waals surface area contributed by atoms with Gasteiger partial charge in [0, 0.05) is 12.1 Å². The van der Waals surface area contributed by atoms with E-state index in [4.69, 9.17) is 5.73 Å². The maximum absolute atomic E-state index is 10.6. The van der Waals surface area contributed by atoms with Gasteiger partial charge in [-0.1, -0.05) is 5.21 Å². The highest BCUT2D eigenvalue weighted by Crippen LogP contribution is 2.15. The number of hydrogen-bond donors (Lipinski definition) is 1. The first-order valence-electron chi connectivity index (χ1n) is 7.30. The SMILES string of the molecule is C/C(=N\N=C/c1ccc([N+](=O)[O-])cc1)c1nnn(-c2nonc2N)c1C. The monoisotopic (exact) mass is 355 g/mol. The van der Waals surface area contributed by atoms with Gasteiger partial charge in [-0.3, -0.25) is 10.1 Å². The minimum absolute atomic E-state index is 0.00990. The molecule has 26 heavy (non-hydrogen) atoms. The molecule has 2 N–H and O–H groups in total. The Hall–Kier alpha value is -3.96. The van der Waals surface area contributed by atoms with Gasteiger partial charge in [-0.25, -0.2) is 4.63 Å². The van der Waals surface area contributed by atoms with E-state index < -0.39 is 4.92 Å². The number of rotatable bonds is 5. The summed E-state index contributed by atoms with van der Waals surface area (Å²) < 4.78 is 5.94. The maximum atomic E-state index is 10.6. The lowest BCUT2D eigenvalue weighted by Crippen LogP contribution is -2.04. The predicted octanol–water partition coefficient (Wildman–Crippen LogP) is 1.29. The van der Waals surface area contributed by atoms with Crippen molar-refractivity contribution >= 4 is 23.4 Å². The minimum Gasteiger partial charge on any atom is -0.378 e. The molecule has 1 aromatic carbocycles. The van der Waals surface area contributed by atoms with Crippen LogP contribution in [-0.2, 0) is 0 Å². The first kappa shape index (κ1) is 16.9. The van der Waals surface area contributed by atoms with Crippen molar-refractivity contribution in [1.82, 2.24) is 25.3 Å². The normalized spacial score (nSPS) is 12.0. The Bertz CT molecular complexity index is 1000. The fraction of sp³-hybridized carbons (Fsp3) is 0.143. The van der Waals surface area contributed by atoms with Gasteiger partial charge in [-0.05, 0) is 41.9 Å². The summed E-state index contributed by atoms with van der Waals surface area (Å²) in [6.45, 7) is 3.49. The number of nitrogens with two attached hydrogens (primary N) is 1. The number of aromatic nitrogens is 5. The zero-order chi connectivity index (χ0) is 18.7. The van der Waals surface area contributed by atoms with Gasteiger partial charge in [0.2, 0.25) is 11.6 Å². The van der Waals surface area contributed by atoms with E-state index in [1.54, 1.807) is 26.0 Å². The summed E-state index contributed by atoms with van der Waals surface area (Å²) in [6, 6.07) is 5.94.